The van der Waals surface area contributed by atoms with Crippen LogP contribution in [-0.4, -0.2) is 28.1 Å². The van der Waals surface area contributed by atoms with Gasteiger partial charge < -0.3 is 15.1 Å². The van der Waals surface area contributed by atoms with E-state index in [2.05, 4.69) is 15.7 Å². The van der Waals surface area contributed by atoms with Gasteiger partial charge in [-0.1, -0.05) is 12.1 Å². The summed E-state index contributed by atoms with van der Waals surface area (Å²) < 4.78 is 20.1. The lowest BCUT2D eigenvalue weighted by atomic mass is 10.2. The number of aryl methyl sites for hydroxylation is 2. The van der Waals surface area contributed by atoms with E-state index in [1.807, 2.05) is 19.9 Å². The van der Waals surface area contributed by atoms with Gasteiger partial charge in [-0.05, 0) is 49.7 Å². The first-order valence-electron chi connectivity index (χ1n) is 8.80. The van der Waals surface area contributed by atoms with Crippen LogP contribution in [0.4, 0.5) is 4.39 Å². The number of nitrogens with one attached hydrogen (secondary N) is 2. The van der Waals surface area contributed by atoms with Crippen LogP contribution in [0.25, 0.3) is 0 Å². The molecule has 2 aromatic heterocycles. The van der Waals surface area contributed by atoms with Gasteiger partial charge >= 0.3 is 11.8 Å². The van der Waals surface area contributed by atoms with Gasteiger partial charge in [-0.25, -0.2) is 4.39 Å². The molecule has 0 aliphatic rings. The summed E-state index contributed by atoms with van der Waals surface area (Å²) in [6, 6.07) is 10.8. The molecule has 28 heavy (non-hydrogen) atoms. The number of carbonyl (C=O) groups excluding carboxylic acids is 2. The highest BCUT2D eigenvalue weighted by Gasteiger charge is 2.22. The lowest BCUT2D eigenvalue weighted by Crippen LogP contribution is -2.42. The third-order valence-electron chi connectivity index (χ3n) is 4.24. The molecule has 2 N–H and O–H groups in total. The molecule has 8 heteroatoms. The second-order valence-corrected chi connectivity index (χ2v) is 6.42. The zero-order valence-corrected chi connectivity index (χ0v) is 15.6. The summed E-state index contributed by atoms with van der Waals surface area (Å²) in [6.45, 7) is 4.06. The minimum atomic E-state index is -0.768. The van der Waals surface area contributed by atoms with Crippen LogP contribution in [-0.2, 0) is 16.1 Å². The fraction of sp³-hybridized carbons (Fsp3) is 0.250. The number of amides is 2. The minimum absolute atomic E-state index is 0.131. The maximum absolute atomic E-state index is 12.9. The Morgan fingerprint density at radius 1 is 1.14 bits per heavy atom. The largest absolute Gasteiger partial charge is 0.467 e. The van der Waals surface area contributed by atoms with E-state index in [0.29, 0.717) is 11.3 Å². The van der Waals surface area contributed by atoms with Gasteiger partial charge in [0.1, 0.15) is 17.6 Å². The van der Waals surface area contributed by atoms with Crippen LogP contribution in [0.2, 0.25) is 0 Å². The van der Waals surface area contributed by atoms with Crippen molar-refractivity contribution in [2.45, 2.75) is 26.4 Å². The Hall–Kier alpha value is -3.42. The van der Waals surface area contributed by atoms with Crippen molar-refractivity contribution in [2.75, 3.05) is 6.54 Å². The van der Waals surface area contributed by atoms with E-state index in [0.717, 1.165) is 11.4 Å². The van der Waals surface area contributed by atoms with E-state index in [-0.39, 0.29) is 24.9 Å². The highest BCUT2D eigenvalue weighted by Crippen LogP contribution is 2.20. The summed E-state index contributed by atoms with van der Waals surface area (Å²) in [5.74, 6) is -1.27. The first-order valence-corrected chi connectivity index (χ1v) is 8.80. The smallest absolute Gasteiger partial charge is 0.309 e. The number of carbonyl (C=O) groups is 2. The van der Waals surface area contributed by atoms with Crippen LogP contribution >= 0.6 is 0 Å². The molecule has 0 saturated carbocycles. The molecule has 0 aliphatic carbocycles. The molecule has 1 aromatic carbocycles. The lowest BCUT2D eigenvalue weighted by Gasteiger charge is -2.18. The van der Waals surface area contributed by atoms with Gasteiger partial charge in [-0.2, -0.15) is 5.10 Å². The van der Waals surface area contributed by atoms with Gasteiger partial charge in [0.2, 0.25) is 0 Å². The Kier molecular flexibility index (Phi) is 5.88. The number of hydrogen-bond acceptors (Lipinski definition) is 4. The van der Waals surface area contributed by atoms with Crippen molar-refractivity contribution in [3.05, 3.63) is 77.3 Å². The lowest BCUT2D eigenvalue weighted by molar-refractivity contribution is -0.139. The molecule has 3 rings (SSSR count). The topological polar surface area (TPSA) is 89.2 Å². The molecule has 0 fully saturated rings. The Bertz CT molecular complexity index is 949. The maximum atomic E-state index is 12.9. The number of benzene rings is 1. The number of aromatic nitrogens is 2. The third-order valence-corrected chi connectivity index (χ3v) is 4.24. The molecule has 1 atom stereocenters. The minimum Gasteiger partial charge on any atom is -0.467 e. The van der Waals surface area contributed by atoms with Crippen molar-refractivity contribution >= 4 is 11.8 Å². The predicted molar refractivity (Wildman–Crippen MR) is 99.8 cm³/mol. The number of rotatable bonds is 6. The second kappa shape index (κ2) is 8.51. The van der Waals surface area contributed by atoms with E-state index in [4.69, 9.17) is 4.42 Å². The Morgan fingerprint density at radius 2 is 1.86 bits per heavy atom. The molecule has 1 unspecified atom stereocenters. The highest BCUT2D eigenvalue weighted by molar-refractivity contribution is 6.35. The molecule has 0 radical (unpaired) electrons. The number of halogens is 1. The second-order valence-electron chi connectivity index (χ2n) is 6.42. The number of nitrogens with zero attached hydrogens (tertiary/aromatic N) is 2. The molecule has 146 valence electrons. The van der Waals surface area contributed by atoms with Crippen LogP contribution in [0.15, 0.2) is 53.1 Å². The third kappa shape index (κ3) is 4.64. The molecule has 7 nitrogen and oxygen atoms in total. The van der Waals surface area contributed by atoms with E-state index < -0.39 is 11.8 Å². The summed E-state index contributed by atoms with van der Waals surface area (Å²) in [4.78, 5) is 24.2. The zero-order valence-electron chi connectivity index (χ0n) is 15.6. The molecule has 0 saturated heterocycles. The molecular weight excluding hydrogens is 363 g/mol. The van der Waals surface area contributed by atoms with Gasteiger partial charge in [0.25, 0.3) is 0 Å². The predicted octanol–water partition coefficient (Wildman–Crippen LogP) is 2.25. The fourth-order valence-electron chi connectivity index (χ4n) is 2.88. The van der Waals surface area contributed by atoms with Crippen LogP contribution < -0.4 is 10.6 Å². The van der Waals surface area contributed by atoms with Gasteiger partial charge in [0.05, 0.1) is 12.0 Å². The van der Waals surface area contributed by atoms with E-state index in [9.17, 15) is 14.0 Å². The van der Waals surface area contributed by atoms with Crippen molar-refractivity contribution in [2.24, 2.45) is 0 Å². The standard InChI is InChI=1S/C20H21FN4O3/c1-13-10-14(2)25(24-13)17(18-4-3-9-28-18)12-23-20(27)19(26)22-11-15-5-7-16(21)8-6-15/h3-10,17H,11-12H2,1-2H3,(H,22,26)(H,23,27). The van der Waals surface area contributed by atoms with E-state index >= 15 is 0 Å². The Labute approximate surface area is 161 Å². The summed E-state index contributed by atoms with van der Waals surface area (Å²) in [7, 11) is 0. The first kappa shape index (κ1) is 19.3. The fourth-order valence-corrected chi connectivity index (χ4v) is 2.88. The average Bonchev–Trinajstić information content (AvgIpc) is 3.31. The van der Waals surface area contributed by atoms with E-state index in [1.165, 1.54) is 12.1 Å². The molecule has 2 heterocycles. The summed E-state index contributed by atoms with van der Waals surface area (Å²) in [5, 5.41) is 9.58. The van der Waals surface area contributed by atoms with Crippen molar-refractivity contribution in [3.8, 4) is 0 Å². The van der Waals surface area contributed by atoms with E-state index in [1.54, 1.807) is 35.2 Å². The molecule has 2 amide bonds. The number of hydrogen-bond donors (Lipinski definition) is 2. The van der Waals surface area contributed by atoms with Crippen LogP contribution in [0.1, 0.15) is 28.8 Å². The summed E-state index contributed by atoms with van der Waals surface area (Å²) in [5.41, 5.74) is 2.45. The first-order chi connectivity index (χ1) is 13.4. The van der Waals surface area contributed by atoms with Gasteiger partial charge in [0.15, 0.2) is 0 Å². The molecule has 0 spiro atoms. The zero-order chi connectivity index (χ0) is 20.1. The van der Waals surface area contributed by atoms with Crippen LogP contribution in [0.5, 0.6) is 0 Å². The van der Waals surface area contributed by atoms with Crippen molar-refractivity contribution in [3.63, 3.8) is 0 Å². The average molecular weight is 384 g/mol. The Balaban J connectivity index is 1.61. The molecule has 0 bridgehead atoms. The quantitative estimate of drug-likeness (QED) is 0.638. The summed E-state index contributed by atoms with van der Waals surface area (Å²) in [6.07, 6.45) is 1.55. The van der Waals surface area contributed by atoms with Crippen molar-refractivity contribution < 1.29 is 18.4 Å². The molecule has 3 aromatic rings. The van der Waals surface area contributed by atoms with Crippen molar-refractivity contribution in [1.82, 2.24) is 20.4 Å². The maximum Gasteiger partial charge on any atom is 0.309 e. The van der Waals surface area contributed by atoms with Crippen LogP contribution in [0.3, 0.4) is 0 Å². The summed E-state index contributed by atoms with van der Waals surface area (Å²) >= 11 is 0. The monoisotopic (exact) mass is 384 g/mol. The van der Waals surface area contributed by atoms with Gasteiger partial charge in [0, 0.05) is 18.8 Å². The molecular formula is C20H21FN4O3. The van der Waals surface area contributed by atoms with Gasteiger partial charge in [-0.3, -0.25) is 14.3 Å². The highest BCUT2D eigenvalue weighted by atomic mass is 19.1. The normalized spacial score (nSPS) is 11.8. The Morgan fingerprint density at radius 3 is 2.46 bits per heavy atom. The number of furan rings is 1. The van der Waals surface area contributed by atoms with Crippen molar-refractivity contribution in [1.29, 1.82) is 0 Å². The van der Waals surface area contributed by atoms with Crippen LogP contribution in [0, 0.1) is 19.7 Å². The van der Waals surface area contributed by atoms with Gasteiger partial charge in [-0.15, -0.1) is 0 Å². The SMILES string of the molecule is Cc1cc(C)n(C(CNC(=O)C(=O)NCc2ccc(F)cc2)c2ccco2)n1. The molecule has 0 aliphatic heterocycles.